The molecule has 0 unspecified atom stereocenters. The van der Waals surface area contributed by atoms with Crippen LogP contribution in [0.1, 0.15) is 17.3 Å². The van der Waals surface area contributed by atoms with Gasteiger partial charge in [0, 0.05) is 6.08 Å². The minimum Gasteiger partial charge on any atom is -0.462 e. The van der Waals surface area contributed by atoms with Crippen molar-refractivity contribution in [3.63, 3.8) is 0 Å². The monoisotopic (exact) mass is 220 g/mol. The van der Waals surface area contributed by atoms with E-state index in [0.717, 1.165) is 6.08 Å². The topological polar surface area (TPSA) is 52.6 Å². The molecular weight excluding hydrogens is 208 g/mol. The quantitative estimate of drug-likeness (QED) is 0.442. The lowest BCUT2D eigenvalue weighted by Crippen LogP contribution is -2.10. The van der Waals surface area contributed by atoms with E-state index in [0.29, 0.717) is 0 Å². The van der Waals surface area contributed by atoms with Gasteiger partial charge in [-0.2, -0.15) is 0 Å². The molecule has 4 heteroatoms. The molecule has 0 bridgehead atoms. The van der Waals surface area contributed by atoms with Crippen molar-refractivity contribution in [1.82, 2.24) is 0 Å². The van der Waals surface area contributed by atoms with Crippen molar-refractivity contribution < 1.29 is 19.1 Å². The van der Waals surface area contributed by atoms with Crippen LogP contribution >= 0.6 is 0 Å². The second kappa shape index (κ2) is 5.70. The highest BCUT2D eigenvalue weighted by Crippen LogP contribution is 2.19. The maximum Gasteiger partial charge on any atom is 0.341 e. The Kier molecular flexibility index (Phi) is 4.27. The van der Waals surface area contributed by atoms with Gasteiger partial charge >= 0.3 is 11.9 Å². The Labute approximate surface area is 93.5 Å². The molecule has 0 saturated carbocycles. The molecule has 0 aliphatic heterocycles. The molecule has 1 aromatic rings. The first-order valence-electron chi connectivity index (χ1n) is 4.79. The Morgan fingerprint density at radius 2 is 2.06 bits per heavy atom. The number of rotatable bonds is 4. The van der Waals surface area contributed by atoms with E-state index in [1.165, 1.54) is 12.1 Å². The zero-order chi connectivity index (χ0) is 12.0. The van der Waals surface area contributed by atoms with Gasteiger partial charge in [0.15, 0.2) is 0 Å². The molecule has 0 N–H and O–H groups in total. The van der Waals surface area contributed by atoms with Gasteiger partial charge in [0.2, 0.25) is 0 Å². The number of ether oxygens (including phenoxy) is 2. The first kappa shape index (κ1) is 12.0. The molecule has 0 aliphatic rings. The predicted molar refractivity (Wildman–Crippen MR) is 58.2 cm³/mol. The van der Waals surface area contributed by atoms with E-state index in [1.807, 2.05) is 0 Å². The van der Waals surface area contributed by atoms with Crippen molar-refractivity contribution in [1.29, 1.82) is 0 Å². The summed E-state index contributed by atoms with van der Waals surface area (Å²) in [5.74, 6) is -0.961. The lowest BCUT2D eigenvalue weighted by Gasteiger charge is -2.07. The van der Waals surface area contributed by atoms with Gasteiger partial charge in [0.25, 0.3) is 0 Å². The van der Waals surface area contributed by atoms with Crippen LogP contribution in [0.5, 0.6) is 5.75 Å². The minimum absolute atomic E-state index is 0.172. The molecule has 0 radical (unpaired) electrons. The standard InChI is InChI=1S/C12H12O4/c1-3-11(13)16-10-8-6-5-7-9(10)12(14)15-4-2/h3,5-8H,1,4H2,2H3. The number of carbonyl (C=O) groups is 2. The van der Waals surface area contributed by atoms with E-state index >= 15 is 0 Å². The van der Waals surface area contributed by atoms with Crippen molar-refractivity contribution in [3.05, 3.63) is 42.5 Å². The molecule has 0 heterocycles. The summed E-state index contributed by atoms with van der Waals surface area (Å²) in [6.45, 7) is 5.25. The van der Waals surface area contributed by atoms with Crippen molar-refractivity contribution in [2.75, 3.05) is 6.61 Å². The third kappa shape index (κ3) is 2.95. The van der Waals surface area contributed by atoms with Crippen LogP contribution in [-0.4, -0.2) is 18.5 Å². The smallest absolute Gasteiger partial charge is 0.341 e. The second-order valence-electron chi connectivity index (χ2n) is 2.84. The number of para-hydroxylation sites is 1. The van der Waals surface area contributed by atoms with Crippen LogP contribution in [0.3, 0.4) is 0 Å². The number of benzene rings is 1. The van der Waals surface area contributed by atoms with Crippen molar-refractivity contribution in [3.8, 4) is 5.75 Å². The van der Waals surface area contributed by atoms with Crippen LogP contribution in [0.4, 0.5) is 0 Å². The lowest BCUT2D eigenvalue weighted by molar-refractivity contribution is -0.128. The Balaban J connectivity index is 2.95. The van der Waals surface area contributed by atoms with E-state index in [9.17, 15) is 9.59 Å². The van der Waals surface area contributed by atoms with Crippen LogP contribution in [0.25, 0.3) is 0 Å². The number of hydrogen-bond donors (Lipinski definition) is 0. The van der Waals surface area contributed by atoms with Crippen molar-refractivity contribution >= 4 is 11.9 Å². The van der Waals surface area contributed by atoms with Crippen molar-refractivity contribution in [2.45, 2.75) is 6.92 Å². The molecule has 84 valence electrons. The fourth-order valence-corrected chi connectivity index (χ4v) is 1.08. The molecule has 16 heavy (non-hydrogen) atoms. The summed E-state index contributed by atoms with van der Waals surface area (Å²) in [7, 11) is 0. The van der Waals surface area contributed by atoms with Gasteiger partial charge in [0.05, 0.1) is 6.61 Å². The molecule has 0 aliphatic carbocycles. The fraction of sp³-hybridized carbons (Fsp3) is 0.167. The molecular formula is C12H12O4. The maximum atomic E-state index is 11.5. The zero-order valence-corrected chi connectivity index (χ0v) is 8.93. The van der Waals surface area contributed by atoms with Gasteiger partial charge in [-0.25, -0.2) is 9.59 Å². The summed E-state index contributed by atoms with van der Waals surface area (Å²) in [5, 5.41) is 0. The first-order chi connectivity index (χ1) is 7.69. The van der Waals surface area contributed by atoms with E-state index in [1.54, 1.807) is 19.1 Å². The number of hydrogen-bond acceptors (Lipinski definition) is 4. The fourth-order valence-electron chi connectivity index (χ4n) is 1.08. The van der Waals surface area contributed by atoms with Gasteiger partial charge in [0.1, 0.15) is 11.3 Å². The van der Waals surface area contributed by atoms with E-state index in [-0.39, 0.29) is 17.9 Å². The maximum absolute atomic E-state index is 11.5. The average Bonchev–Trinajstić information content (AvgIpc) is 2.30. The molecule has 0 atom stereocenters. The predicted octanol–water partition coefficient (Wildman–Crippen LogP) is 1.95. The normalized spacial score (nSPS) is 9.31. The number of esters is 2. The summed E-state index contributed by atoms with van der Waals surface area (Å²) in [4.78, 5) is 22.5. The third-order valence-corrected chi connectivity index (χ3v) is 1.76. The molecule has 0 saturated heterocycles. The van der Waals surface area contributed by atoms with E-state index < -0.39 is 11.9 Å². The summed E-state index contributed by atoms with van der Waals surface area (Å²) in [6.07, 6.45) is 1.03. The molecule has 0 aromatic heterocycles. The summed E-state index contributed by atoms with van der Waals surface area (Å²) >= 11 is 0. The summed E-state index contributed by atoms with van der Waals surface area (Å²) in [6, 6.07) is 6.38. The van der Waals surface area contributed by atoms with Gasteiger partial charge in [-0.3, -0.25) is 0 Å². The molecule has 1 rings (SSSR count). The Morgan fingerprint density at radius 3 is 2.69 bits per heavy atom. The molecule has 1 aromatic carbocycles. The van der Waals surface area contributed by atoms with Gasteiger partial charge < -0.3 is 9.47 Å². The van der Waals surface area contributed by atoms with Gasteiger partial charge in [-0.1, -0.05) is 18.7 Å². The van der Waals surface area contributed by atoms with Crippen LogP contribution in [-0.2, 0) is 9.53 Å². The van der Waals surface area contributed by atoms with Gasteiger partial charge in [-0.05, 0) is 19.1 Å². The second-order valence-corrected chi connectivity index (χ2v) is 2.84. The van der Waals surface area contributed by atoms with Crippen LogP contribution in [0, 0.1) is 0 Å². The van der Waals surface area contributed by atoms with Gasteiger partial charge in [-0.15, -0.1) is 0 Å². The first-order valence-corrected chi connectivity index (χ1v) is 4.79. The van der Waals surface area contributed by atoms with Crippen LogP contribution < -0.4 is 4.74 Å². The molecule has 0 spiro atoms. The van der Waals surface area contributed by atoms with Crippen LogP contribution in [0.2, 0.25) is 0 Å². The largest absolute Gasteiger partial charge is 0.462 e. The molecule has 0 amide bonds. The minimum atomic E-state index is -0.614. The summed E-state index contributed by atoms with van der Waals surface area (Å²) in [5.41, 5.74) is 0.222. The number of carbonyl (C=O) groups excluding carboxylic acids is 2. The highest BCUT2D eigenvalue weighted by Gasteiger charge is 2.14. The molecule has 0 fully saturated rings. The lowest BCUT2D eigenvalue weighted by atomic mass is 10.2. The van der Waals surface area contributed by atoms with Crippen LogP contribution in [0.15, 0.2) is 36.9 Å². The van der Waals surface area contributed by atoms with E-state index in [4.69, 9.17) is 9.47 Å². The highest BCUT2D eigenvalue weighted by atomic mass is 16.5. The SMILES string of the molecule is C=CC(=O)Oc1ccccc1C(=O)OCC. The Bertz CT molecular complexity index is 409. The average molecular weight is 220 g/mol. The zero-order valence-electron chi connectivity index (χ0n) is 8.93. The molecule has 4 nitrogen and oxygen atoms in total. The third-order valence-electron chi connectivity index (χ3n) is 1.76. The van der Waals surface area contributed by atoms with Crippen molar-refractivity contribution in [2.24, 2.45) is 0 Å². The summed E-state index contributed by atoms with van der Waals surface area (Å²) < 4.78 is 9.73. The highest BCUT2D eigenvalue weighted by molar-refractivity contribution is 5.94. The Hall–Kier alpha value is -2.10. The van der Waals surface area contributed by atoms with E-state index in [2.05, 4.69) is 6.58 Å². The Morgan fingerprint density at radius 1 is 1.38 bits per heavy atom.